The molecule has 0 atom stereocenters. The maximum absolute atomic E-state index is 9.22. The van der Waals surface area contributed by atoms with Crippen molar-refractivity contribution in [1.82, 2.24) is 19.9 Å². The van der Waals surface area contributed by atoms with Crippen molar-refractivity contribution in [2.75, 3.05) is 0 Å². The Bertz CT molecular complexity index is 351. The molecule has 2 aliphatic heterocycles. The number of imidazole rings is 1. The summed E-state index contributed by atoms with van der Waals surface area (Å²) in [6.45, 7) is 0. The first-order chi connectivity index (χ1) is 5.38. The largest absolute Gasteiger partial charge is 0.504 e. The summed E-state index contributed by atoms with van der Waals surface area (Å²) in [5, 5.41) is 9.22. The van der Waals surface area contributed by atoms with Gasteiger partial charge in [0.15, 0.2) is 17.3 Å². The summed E-state index contributed by atoms with van der Waals surface area (Å²) >= 11 is 0. The highest BCUT2D eigenvalue weighted by molar-refractivity contribution is 5.57. The second-order valence-corrected chi connectivity index (χ2v) is 1.95. The SMILES string of the molecule is Oc1cncnc2ncnc1-2. The van der Waals surface area contributed by atoms with E-state index in [0.29, 0.717) is 11.5 Å². The van der Waals surface area contributed by atoms with Crippen molar-refractivity contribution < 1.29 is 5.11 Å². The van der Waals surface area contributed by atoms with Gasteiger partial charge in [-0.1, -0.05) is 0 Å². The Kier molecular flexibility index (Phi) is 1.15. The average molecular weight is 148 g/mol. The van der Waals surface area contributed by atoms with Crippen LogP contribution in [0.15, 0.2) is 18.9 Å². The average Bonchev–Trinajstić information content (AvgIpc) is 2.40. The van der Waals surface area contributed by atoms with E-state index in [1.54, 1.807) is 0 Å². The zero-order chi connectivity index (χ0) is 7.68. The summed E-state index contributed by atoms with van der Waals surface area (Å²) in [6, 6.07) is 0. The molecule has 2 heterocycles. The highest BCUT2D eigenvalue weighted by atomic mass is 16.3. The molecule has 1 N–H and O–H groups in total. The minimum absolute atomic E-state index is 0.00463. The maximum Gasteiger partial charge on any atom is 0.185 e. The van der Waals surface area contributed by atoms with Crippen molar-refractivity contribution in [3.8, 4) is 17.3 Å². The Morgan fingerprint density at radius 1 is 1.09 bits per heavy atom. The molecule has 0 unspecified atom stereocenters. The number of hydrogen-bond donors (Lipinski definition) is 1. The molecule has 11 heavy (non-hydrogen) atoms. The van der Waals surface area contributed by atoms with E-state index in [2.05, 4.69) is 19.9 Å². The van der Waals surface area contributed by atoms with Crippen LogP contribution in [0.5, 0.6) is 5.75 Å². The van der Waals surface area contributed by atoms with Gasteiger partial charge < -0.3 is 5.11 Å². The summed E-state index contributed by atoms with van der Waals surface area (Å²) in [7, 11) is 0. The van der Waals surface area contributed by atoms with Gasteiger partial charge in [0.1, 0.15) is 12.7 Å². The van der Waals surface area contributed by atoms with E-state index < -0.39 is 0 Å². The Morgan fingerprint density at radius 2 is 1.91 bits per heavy atom. The van der Waals surface area contributed by atoms with Crippen LogP contribution in [0.3, 0.4) is 0 Å². The predicted octanol–water partition coefficient (Wildman–Crippen LogP) is 0.0770. The topological polar surface area (TPSA) is 71.8 Å². The van der Waals surface area contributed by atoms with Crippen molar-refractivity contribution in [2.45, 2.75) is 0 Å². The summed E-state index contributed by atoms with van der Waals surface area (Å²) in [6.07, 6.45) is 3.94. The van der Waals surface area contributed by atoms with Gasteiger partial charge in [-0.3, -0.25) is 0 Å². The standard InChI is InChI=1S/C6H4N4O/c11-4-1-7-2-9-6-5(4)8-3-10-6/h1-3,11H. The van der Waals surface area contributed by atoms with Crippen molar-refractivity contribution in [1.29, 1.82) is 0 Å². The Labute approximate surface area is 62.1 Å². The quantitative estimate of drug-likeness (QED) is 0.572. The molecule has 0 saturated heterocycles. The van der Waals surface area contributed by atoms with Gasteiger partial charge >= 0.3 is 0 Å². The first kappa shape index (κ1) is 5.96. The monoisotopic (exact) mass is 148 g/mol. The predicted molar refractivity (Wildman–Crippen MR) is 35.9 cm³/mol. The lowest BCUT2D eigenvalue weighted by Gasteiger charge is -1.86. The van der Waals surface area contributed by atoms with E-state index in [-0.39, 0.29) is 5.75 Å². The van der Waals surface area contributed by atoms with E-state index in [1.807, 2.05) is 0 Å². The van der Waals surface area contributed by atoms with E-state index >= 15 is 0 Å². The molecule has 0 aromatic heterocycles. The third-order valence-corrected chi connectivity index (χ3v) is 1.26. The number of nitrogens with zero attached hydrogens (tertiary/aromatic N) is 4. The van der Waals surface area contributed by atoms with Gasteiger partial charge in [-0.25, -0.2) is 19.9 Å². The number of aromatic hydroxyl groups is 1. The van der Waals surface area contributed by atoms with Crippen LogP contribution in [0.1, 0.15) is 0 Å². The molecule has 0 saturated carbocycles. The highest BCUT2D eigenvalue weighted by Gasteiger charge is 2.08. The smallest absolute Gasteiger partial charge is 0.185 e. The fourth-order valence-electron chi connectivity index (χ4n) is 0.788. The minimum atomic E-state index is -0.00463. The Morgan fingerprint density at radius 3 is 2.82 bits per heavy atom. The fourth-order valence-corrected chi connectivity index (χ4v) is 0.788. The summed E-state index contributed by atoms with van der Waals surface area (Å²) < 4.78 is 0. The van der Waals surface area contributed by atoms with Gasteiger partial charge in [-0.2, -0.15) is 0 Å². The van der Waals surface area contributed by atoms with Gasteiger partial charge in [0, 0.05) is 0 Å². The number of fused-ring (bicyclic) bond motifs is 1. The molecule has 0 amide bonds. The van der Waals surface area contributed by atoms with E-state index in [4.69, 9.17) is 0 Å². The van der Waals surface area contributed by atoms with Crippen LogP contribution in [0.4, 0.5) is 0 Å². The molecule has 0 aromatic rings. The van der Waals surface area contributed by atoms with Gasteiger partial charge in [0.05, 0.1) is 6.20 Å². The normalized spacial score (nSPS) is 10.2. The lowest BCUT2D eigenvalue weighted by atomic mass is 10.4. The van der Waals surface area contributed by atoms with Crippen molar-refractivity contribution in [3.63, 3.8) is 0 Å². The zero-order valence-electron chi connectivity index (χ0n) is 5.47. The van der Waals surface area contributed by atoms with Crippen LogP contribution in [-0.4, -0.2) is 25.0 Å². The van der Waals surface area contributed by atoms with Crippen molar-refractivity contribution in [2.24, 2.45) is 0 Å². The second-order valence-electron chi connectivity index (χ2n) is 1.95. The van der Waals surface area contributed by atoms with Crippen molar-refractivity contribution >= 4 is 0 Å². The molecule has 5 heteroatoms. The molecule has 0 aliphatic carbocycles. The summed E-state index contributed by atoms with van der Waals surface area (Å²) in [4.78, 5) is 15.1. The van der Waals surface area contributed by atoms with Crippen molar-refractivity contribution in [3.05, 3.63) is 18.9 Å². The molecular formula is C6H4N4O. The molecule has 0 radical (unpaired) electrons. The third kappa shape index (κ3) is 0.861. The van der Waals surface area contributed by atoms with Gasteiger partial charge in [-0.15, -0.1) is 0 Å². The number of rotatable bonds is 0. The second kappa shape index (κ2) is 2.12. The Balaban J connectivity index is 2.78. The molecule has 2 rings (SSSR count). The molecule has 5 nitrogen and oxygen atoms in total. The van der Waals surface area contributed by atoms with Gasteiger partial charge in [0.25, 0.3) is 0 Å². The van der Waals surface area contributed by atoms with Crippen LogP contribution in [0.2, 0.25) is 0 Å². The minimum Gasteiger partial charge on any atom is -0.504 e. The molecule has 54 valence electrons. The van der Waals surface area contributed by atoms with E-state index in [1.165, 1.54) is 18.9 Å². The third-order valence-electron chi connectivity index (χ3n) is 1.26. The molecule has 2 aliphatic rings. The molecule has 0 bridgehead atoms. The van der Waals surface area contributed by atoms with Crippen LogP contribution in [0, 0.1) is 0 Å². The summed E-state index contributed by atoms with van der Waals surface area (Å²) in [5.74, 6) is 0.398. The molecule has 0 fully saturated rings. The summed E-state index contributed by atoms with van der Waals surface area (Å²) in [5.41, 5.74) is 0.377. The number of hydrogen-bond acceptors (Lipinski definition) is 5. The van der Waals surface area contributed by atoms with E-state index in [9.17, 15) is 5.11 Å². The molecule has 0 spiro atoms. The van der Waals surface area contributed by atoms with Gasteiger partial charge in [-0.05, 0) is 0 Å². The van der Waals surface area contributed by atoms with Crippen LogP contribution < -0.4 is 0 Å². The molecule has 0 aromatic carbocycles. The first-order valence-electron chi connectivity index (χ1n) is 2.97. The fraction of sp³-hybridized carbons (Fsp3) is 0. The zero-order valence-corrected chi connectivity index (χ0v) is 5.47. The first-order valence-corrected chi connectivity index (χ1v) is 2.97. The highest BCUT2D eigenvalue weighted by Crippen LogP contribution is 2.21. The Hall–Kier alpha value is -1.78. The van der Waals surface area contributed by atoms with Crippen LogP contribution in [-0.2, 0) is 0 Å². The van der Waals surface area contributed by atoms with Gasteiger partial charge in [0.2, 0.25) is 0 Å². The lowest BCUT2D eigenvalue weighted by Crippen LogP contribution is -1.76. The lowest BCUT2D eigenvalue weighted by molar-refractivity contribution is 0.474. The molecular weight excluding hydrogens is 144 g/mol. The maximum atomic E-state index is 9.22. The number of aromatic nitrogens is 4. The van der Waals surface area contributed by atoms with E-state index in [0.717, 1.165) is 0 Å². The van der Waals surface area contributed by atoms with Crippen LogP contribution in [0.25, 0.3) is 11.5 Å². The van der Waals surface area contributed by atoms with Crippen LogP contribution >= 0.6 is 0 Å².